The van der Waals surface area contributed by atoms with Crippen molar-refractivity contribution >= 4 is 11.9 Å². The van der Waals surface area contributed by atoms with Gasteiger partial charge in [0.25, 0.3) is 0 Å². The van der Waals surface area contributed by atoms with Crippen LogP contribution in [0, 0.1) is 0 Å². The fraction of sp³-hybridized carbons (Fsp3) is 0.458. The standard InChI is InChI=1S/C24H31NO5/c1-4-5-6-7-8-11-17-28-23(26)19-13-12-14-20(25-19)24(27)30-22-16-10-9-15-21(22)29-18(2)3/h9-10,12-16,18H,4-8,11,17H2,1-3H3. The third kappa shape index (κ3) is 7.85. The molecule has 6 nitrogen and oxygen atoms in total. The molecule has 2 aromatic rings. The molecule has 2 rings (SSSR count). The fourth-order valence-electron chi connectivity index (χ4n) is 2.82. The van der Waals surface area contributed by atoms with Gasteiger partial charge in [0, 0.05) is 0 Å². The van der Waals surface area contributed by atoms with E-state index in [0.29, 0.717) is 18.1 Å². The predicted octanol–water partition coefficient (Wildman–Crippen LogP) is 5.61. The van der Waals surface area contributed by atoms with Crippen molar-refractivity contribution in [3.05, 3.63) is 53.9 Å². The zero-order valence-corrected chi connectivity index (χ0v) is 18.1. The Labute approximate surface area is 178 Å². The summed E-state index contributed by atoms with van der Waals surface area (Å²) in [6, 6.07) is 11.5. The second-order valence-corrected chi connectivity index (χ2v) is 7.31. The average Bonchev–Trinajstić information content (AvgIpc) is 2.74. The van der Waals surface area contributed by atoms with Crippen molar-refractivity contribution in [3.8, 4) is 11.5 Å². The van der Waals surface area contributed by atoms with E-state index >= 15 is 0 Å². The number of aromatic nitrogens is 1. The van der Waals surface area contributed by atoms with Gasteiger partial charge in [0.05, 0.1) is 12.7 Å². The summed E-state index contributed by atoms with van der Waals surface area (Å²) in [6.45, 7) is 6.30. The van der Waals surface area contributed by atoms with Gasteiger partial charge in [-0.15, -0.1) is 0 Å². The molecule has 0 saturated carbocycles. The number of carbonyl (C=O) groups excluding carboxylic acids is 2. The smallest absolute Gasteiger partial charge is 0.362 e. The SMILES string of the molecule is CCCCCCCCOC(=O)c1cccc(C(=O)Oc2ccccc2OC(C)C)n1. The van der Waals surface area contributed by atoms with E-state index in [-0.39, 0.29) is 17.5 Å². The summed E-state index contributed by atoms with van der Waals surface area (Å²) in [6.07, 6.45) is 6.59. The fourth-order valence-corrected chi connectivity index (χ4v) is 2.82. The lowest BCUT2D eigenvalue weighted by molar-refractivity contribution is 0.0490. The minimum absolute atomic E-state index is 0.0309. The summed E-state index contributed by atoms with van der Waals surface area (Å²) in [5, 5.41) is 0. The Morgan fingerprint density at radius 1 is 0.833 bits per heavy atom. The van der Waals surface area contributed by atoms with Crippen molar-refractivity contribution < 1.29 is 23.8 Å². The van der Waals surface area contributed by atoms with E-state index in [2.05, 4.69) is 11.9 Å². The molecule has 0 radical (unpaired) electrons. The number of pyridine rings is 1. The van der Waals surface area contributed by atoms with Gasteiger partial charge in [-0.2, -0.15) is 0 Å². The molecule has 0 aliphatic heterocycles. The number of hydrogen-bond acceptors (Lipinski definition) is 6. The highest BCUT2D eigenvalue weighted by Gasteiger charge is 2.17. The van der Waals surface area contributed by atoms with Crippen molar-refractivity contribution in [1.29, 1.82) is 0 Å². The van der Waals surface area contributed by atoms with Gasteiger partial charge < -0.3 is 14.2 Å². The number of unbranched alkanes of at least 4 members (excludes halogenated alkanes) is 5. The first-order valence-electron chi connectivity index (χ1n) is 10.6. The van der Waals surface area contributed by atoms with Crippen LogP contribution in [0.3, 0.4) is 0 Å². The molecule has 162 valence electrons. The van der Waals surface area contributed by atoms with E-state index < -0.39 is 11.9 Å². The first-order chi connectivity index (χ1) is 14.5. The largest absolute Gasteiger partial charge is 0.487 e. The van der Waals surface area contributed by atoms with Crippen LogP contribution in [0.25, 0.3) is 0 Å². The summed E-state index contributed by atoms with van der Waals surface area (Å²) < 4.78 is 16.4. The normalized spacial score (nSPS) is 10.7. The van der Waals surface area contributed by atoms with E-state index in [9.17, 15) is 9.59 Å². The maximum Gasteiger partial charge on any atom is 0.362 e. The molecule has 0 unspecified atom stereocenters. The number of rotatable bonds is 12. The molecule has 1 aromatic heterocycles. The van der Waals surface area contributed by atoms with E-state index in [4.69, 9.17) is 14.2 Å². The number of carbonyl (C=O) groups is 2. The molecule has 0 bridgehead atoms. The van der Waals surface area contributed by atoms with Crippen molar-refractivity contribution in [2.45, 2.75) is 65.4 Å². The second kappa shape index (κ2) is 12.6. The Hall–Kier alpha value is -2.89. The predicted molar refractivity (Wildman–Crippen MR) is 115 cm³/mol. The van der Waals surface area contributed by atoms with E-state index in [1.807, 2.05) is 13.8 Å². The summed E-state index contributed by atoms with van der Waals surface area (Å²) >= 11 is 0. The number of hydrogen-bond donors (Lipinski definition) is 0. The topological polar surface area (TPSA) is 74.7 Å². The second-order valence-electron chi connectivity index (χ2n) is 7.31. The molecule has 30 heavy (non-hydrogen) atoms. The molecule has 6 heteroatoms. The van der Waals surface area contributed by atoms with Crippen LogP contribution in [-0.2, 0) is 4.74 Å². The summed E-state index contributed by atoms with van der Waals surface area (Å²) in [4.78, 5) is 28.9. The minimum atomic E-state index is -0.666. The molecular weight excluding hydrogens is 382 g/mol. The third-order valence-electron chi connectivity index (χ3n) is 4.31. The number of esters is 2. The first-order valence-corrected chi connectivity index (χ1v) is 10.6. The summed E-state index contributed by atoms with van der Waals surface area (Å²) in [5.74, 6) is -0.438. The van der Waals surface area contributed by atoms with Gasteiger partial charge in [0.2, 0.25) is 0 Å². The molecule has 0 aliphatic carbocycles. The molecule has 0 aliphatic rings. The Morgan fingerprint density at radius 3 is 2.17 bits per heavy atom. The number of para-hydroxylation sites is 2. The minimum Gasteiger partial charge on any atom is -0.487 e. The molecule has 1 aromatic carbocycles. The lowest BCUT2D eigenvalue weighted by Gasteiger charge is -2.13. The number of benzene rings is 1. The van der Waals surface area contributed by atoms with Gasteiger partial charge in [0.1, 0.15) is 11.4 Å². The lowest BCUT2D eigenvalue weighted by atomic mass is 10.1. The highest BCUT2D eigenvalue weighted by Crippen LogP contribution is 2.28. The molecule has 0 atom stereocenters. The van der Waals surface area contributed by atoms with Gasteiger partial charge >= 0.3 is 11.9 Å². The highest BCUT2D eigenvalue weighted by atomic mass is 16.6. The first kappa shape index (κ1) is 23.4. The van der Waals surface area contributed by atoms with Gasteiger partial charge in [-0.3, -0.25) is 0 Å². The van der Waals surface area contributed by atoms with Crippen molar-refractivity contribution in [2.75, 3.05) is 6.61 Å². The van der Waals surface area contributed by atoms with Crippen molar-refractivity contribution in [3.63, 3.8) is 0 Å². The van der Waals surface area contributed by atoms with E-state index in [1.165, 1.54) is 31.4 Å². The molecule has 0 amide bonds. The van der Waals surface area contributed by atoms with Gasteiger partial charge in [-0.1, -0.05) is 57.2 Å². The third-order valence-corrected chi connectivity index (χ3v) is 4.31. The maximum absolute atomic E-state index is 12.5. The monoisotopic (exact) mass is 413 g/mol. The molecule has 0 fully saturated rings. The van der Waals surface area contributed by atoms with Crippen LogP contribution in [0.5, 0.6) is 11.5 Å². The van der Waals surface area contributed by atoms with Crippen LogP contribution in [0.2, 0.25) is 0 Å². The Morgan fingerprint density at radius 2 is 1.47 bits per heavy atom. The Balaban J connectivity index is 1.92. The van der Waals surface area contributed by atoms with Crippen LogP contribution >= 0.6 is 0 Å². The molecular formula is C24H31NO5. The molecule has 0 saturated heterocycles. The van der Waals surface area contributed by atoms with E-state index in [1.54, 1.807) is 30.3 Å². The van der Waals surface area contributed by atoms with Crippen LogP contribution in [0.15, 0.2) is 42.5 Å². The summed E-state index contributed by atoms with van der Waals surface area (Å²) in [5.41, 5.74) is 0.116. The average molecular weight is 414 g/mol. The number of nitrogens with zero attached hydrogens (tertiary/aromatic N) is 1. The van der Waals surface area contributed by atoms with Crippen molar-refractivity contribution in [1.82, 2.24) is 4.98 Å². The van der Waals surface area contributed by atoms with Crippen molar-refractivity contribution in [2.24, 2.45) is 0 Å². The molecule has 0 spiro atoms. The van der Waals surface area contributed by atoms with Crippen LogP contribution in [0.1, 0.15) is 80.3 Å². The number of ether oxygens (including phenoxy) is 3. The summed E-state index contributed by atoms with van der Waals surface area (Å²) in [7, 11) is 0. The lowest BCUT2D eigenvalue weighted by Crippen LogP contribution is -2.15. The zero-order chi connectivity index (χ0) is 21.8. The van der Waals surface area contributed by atoms with Gasteiger partial charge in [-0.25, -0.2) is 14.6 Å². The highest BCUT2D eigenvalue weighted by molar-refractivity contribution is 5.92. The van der Waals surface area contributed by atoms with Crippen LogP contribution < -0.4 is 9.47 Å². The van der Waals surface area contributed by atoms with Crippen LogP contribution in [-0.4, -0.2) is 29.6 Å². The Kier molecular flexibility index (Phi) is 9.84. The van der Waals surface area contributed by atoms with E-state index in [0.717, 1.165) is 19.3 Å². The maximum atomic E-state index is 12.5. The van der Waals surface area contributed by atoms with Gasteiger partial charge in [-0.05, 0) is 44.5 Å². The quantitative estimate of drug-likeness (QED) is 0.256. The van der Waals surface area contributed by atoms with Gasteiger partial charge in [0.15, 0.2) is 11.5 Å². The van der Waals surface area contributed by atoms with Crippen LogP contribution in [0.4, 0.5) is 0 Å². The zero-order valence-electron chi connectivity index (χ0n) is 18.1. The molecule has 0 N–H and O–H groups in total. The molecule has 1 heterocycles. The Bertz CT molecular complexity index is 819.